The Labute approximate surface area is 145 Å². The molecule has 7 atom stereocenters. The maximum Gasteiger partial charge on any atom is 0.309 e. The van der Waals surface area contributed by atoms with Gasteiger partial charge in [-0.2, -0.15) is 0 Å². The van der Waals surface area contributed by atoms with Gasteiger partial charge >= 0.3 is 5.97 Å². The van der Waals surface area contributed by atoms with Crippen molar-refractivity contribution in [1.82, 2.24) is 0 Å². The van der Waals surface area contributed by atoms with Crippen LogP contribution in [0.15, 0.2) is 12.2 Å². The first-order chi connectivity index (χ1) is 11.3. The number of hydrogen-bond acceptors (Lipinski definition) is 4. The molecule has 0 heterocycles. The predicted octanol–water partition coefficient (Wildman–Crippen LogP) is 3.40. The molecule has 0 spiro atoms. The van der Waals surface area contributed by atoms with Gasteiger partial charge < -0.3 is 9.47 Å². The zero-order chi connectivity index (χ0) is 17.7. The lowest BCUT2D eigenvalue weighted by atomic mass is 9.45. The van der Waals surface area contributed by atoms with Crippen LogP contribution >= 0.6 is 0 Å². The number of allylic oxidation sites excluding steroid dienone is 1. The quantitative estimate of drug-likeness (QED) is 0.574. The number of fused-ring (bicyclic) bond motifs is 3. The zero-order valence-corrected chi connectivity index (χ0v) is 15.5. The van der Waals surface area contributed by atoms with Crippen molar-refractivity contribution in [2.75, 3.05) is 14.2 Å². The SMILES string of the molecule is COC(=O)C1CC(=O)[C@H]2[C@@]3(C)CC[C@@H](C)[C@H](OC)[C@@H]3C=C[C@]2(C)C1. The Morgan fingerprint density at radius 1 is 1.29 bits per heavy atom. The average Bonchev–Trinajstić information content (AvgIpc) is 2.53. The first-order valence-electron chi connectivity index (χ1n) is 9.09. The van der Waals surface area contributed by atoms with Crippen LogP contribution in [-0.2, 0) is 19.1 Å². The third-order valence-corrected chi connectivity index (χ3v) is 7.08. The van der Waals surface area contributed by atoms with E-state index in [0.29, 0.717) is 18.8 Å². The average molecular weight is 334 g/mol. The van der Waals surface area contributed by atoms with Crippen LogP contribution in [0.4, 0.5) is 0 Å². The molecule has 0 bridgehead atoms. The monoisotopic (exact) mass is 334 g/mol. The molecule has 0 aromatic heterocycles. The summed E-state index contributed by atoms with van der Waals surface area (Å²) in [7, 11) is 3.19. The van der Waals surface area contributed by atoms with E-state index in [1.54, 1.807) is 7.11 Å². The van der Waals surface area contributed by atoms with Gasteiger partial charge in [0.15, 0.2) is 0 Å². The van der Waals surface area contributed by atoms with Crippen molar-refractivity contribution in [3.63, 3.8) is 0 Å². The summed E-state index contributed by atoms with van der Waals surface area (Å²) in [6, 6.07) is 0. The van der Waals surface area contributed by atoms with Crippen LogP contribution in [-0.4, -0.2) is 32.1 Å². The van der Waals surface area contributed by atoms with Crippen molar-refractivity contribution < 1.29 is 19.1 Å². The molecule has 0 radical (unpaired) electrons. The van der Waals surface area contributed by atoms with Crippen molar-refractivity contribution in [1.29, 1.82) is 0 Å². The Bertz CT molecular complexity index is 568. The molecule has 0 aliphatic heterocycles. The molecule has 0 aromatic carbocycles. The molecule has 3 rings (SSSR count). The number of carbonyl (C=O) groups is 2. The van der Waals surface area contributed by atoms with Crippen LogP contribution in [0.1, 0.15) is 46.5 Å². The topological polar surface area (TPSA) is 52.6 Å². The van der Waals surface area contributed by atoms with Crippen molar-refractivity contribution in [2.45, 2.75) is 52.6 Å². The van der Waals surface area contributed by atoms with Crippen LogP contribution in [0, 0.1) is 34.5 Å². The highest BCUT2D eigenvalue weighted by atomic mass is 16.5. The molecule has 1 unspecified atom stereocenters. The van der Waals surface area contributed by atoms with Gasteiger partial charge in [-0.3, -0.25) is 9.59 Å². The van der Waals surface area contributed by atoms with Gasteiger partial charge in [0.05, 0.1) is 19.1 Å². The largest absolute Gasteiger partial charge is 0.469 e. The lowest BCUT2D eigenvalue weighted by molar-refractivity contribution is -0.163. The number of carbonyl (C=O) groups excluding carboxylic acids is 2. The summed E-state index contributed by atoms with van der Waals surface area (Å²) in [6.07, 6.45) is 7.76. The maximum absolute atomic E-state index is 13.1. The predicted molar refractivity (Wildman–Crippen MR) is 91.3 cm³/mol. The number of ether oxygens (including phenoxy) is 2. The molecule has 3 aliphatic carbocycles. The molecule has 0 N–H and O–H groups in total. The second-order valence-corrected chi connectivity index (χ2v) is 8.64. The fourth-order valence-electron chi connectivity index (χ4n) is 6.04. The summed E-state index contributed by atoms with van der Waals surface area (Å²) in [4.78, 5) is 25.1. The molecule has 3 aliphatic rings. The van der Waals surface area contributed by atoms with Gasteiger partial charge in [-0.05, 0) is 36.0 Å². The van der Waals surface area contributed by atoms with E-state index in [4.69, 9.17) is 9.47 Å². The molecule has 4 heteroatoms. The van der Waals surface area contributed by atoms with Gasteiger partial charge in [0.2, 0.25) is 0 Å². The number of rotatable bonds is 2. The highest BCUT2D eigenvalue weighted by molar-refractivity contribution is 5.89. The Kier molecular flexibility index (Phi) is 4.40. The van der Waals surface area contributed by atoms with Crippen molar-refractivity contribution in [2.24, 2.45) is 34.5 Å². The molecule has 2 fully saturated rings. The van der Waals surface area contributed by atoms with E-state index in [9.17, 15) is 9.59 Å². The van der Waals surface area contributed by atoms with Crippen LogP contribution in [0.3, 0.4) is 0 Å². The third kappa shape index (κ3) is 2.45. The van der Waals surface area contributed by atoms with Crippen LogP contribution in [0.25, 0.3) is 0 Å². The van der Waals surface area contributed by atoms with Gasteiger partial charge in [-0.25, -0.2) is 0 Å². The minimum absolute atomic E-state index is 0.0361. The van der Waals surface area contributed by atoms with E-state index >= 15 is 0 Å². The molecular formula is C20H30O4. The number of methoxy groups -OCH3 is 2. The summed E-state index contributed by atoms with van der Waals surface area (Å²) >= 11 is 0. The van der Waals surface area contributed by atoms with Gasteiger partial charge in [-0.1, -0.05) is 32.9 Å². The lowest BCUT2D eigenvalue weighted by Gasteiger charge is -2.59. The standard InChI is InChI=1S/C20H30O4/c1-12-6-9-20(3)14(16(12)23-4)7-8-19(2)11-13(18(22)24-5)10-15(21)17(19)20/h7-8,12-14,16-17H,6,9-11H2,1-5H3/t12-,13?,14+,16+,17-,19-,20+/m1/s1. The second kappa shape index (κ2) is 5.98. The fraction of sp³-hybridized carbons (Fsp3) is 0.800. The van der Waals surface area contributed by atoms with Gasteiger partial charge in [-0.15, -0.1) is 0 Å². The molecule has 0 saturated heterocycles. The molecule has 134 valence electrons. The minimum Gasteiger partial charge on any atom is -0.469 e. The highest BCUT2D eigenvalue weighted by Gasteiger charge is 2.60. The second-order valence-electron chi connectivity index (χ2n) is 8.64. The van der Waals surface area contributed by atoms with E-state index in [-0.39, 0.29) is 46.4 Å². The molecule has 24 heavy (non-hydrogen) atoms. The summed E-state index contributed by atoms with van der Waals surface area (Å²) in [5, 5.41) is 0. The van der Waals surface area contributed by atoms with Crippen molar-refractivity contribution in [3.8, 4) is 0 Å². The van der Waals surface area contributed by atoms with Crippen LogP contribution in [0.5, 0.6) is 0 Å². The first kappa shape index (κ1) is 17.7. The Morgan fingerprint density at radius 3 is 2.62 bits per heavy atom. The fourth-order valence-corrected chi connectivity index (χ4v) is 6.04. The van der Waals surface area contributed by atoms with E-state index in [2.05, 4.69) is 32.9 Å². The van der Waals surface area contributed by atoms with Crippen molar-refractivity contribution >= 4 is 11.8 Å². The number of hydrogen-bond donors (Lipinski definition) is 0. The number of Topliss-reactive ketones (excluding diaryl/α,β-unsaturated/α-hetero) is 1. The third-order valence-electron chi connectivity index (χ3n) is 7.08. The normalized spacial score (nSPS) is 47.7. The molecule has 4 nitrogen and oxygen atoms in total. The Hall–Kier alpha value is -1.16. The summed E-state index contributed by atoms with van der Waals surface area (Å²) in [6.45, 7) is 6.65. The number of esters is 1. The molecular weight excluding hydrogens is 304 g/mol. The molecule has 0 amide bonds. The minimum atomic E-state index is -0.311. The first-order valence-corrected chi connectivity index (χ1v) is 9.09. The van der Waals surface area contributed by atoms with Crippen LogP contribution in [0.2, 0.25) is 0 Å². The Morgan fingerprint density at radius 2 is 2.00 bits per heavy atom. The van der Waals surface area contributed by atoms with E-state index in [0.717, 1.165) is 12.8 Å². The summed E-state index contributed by atoms with van der Waals surface area (Å²) < 4.78 is 10.7. The number of ketones is 1. The Balaban J connectivity index is 2.00. The molecule has 2 saturated carbocycles. The van der Waals surface area contributed by atoms with Crippen LogP contribution < -0.4 is 0 Å². The van der Waals surface area contributed by atoms with Crippen molar-refractivity contribution in [3.05, 3.63) is 12.2 Å². The van der Waals surface area contributed by atoms with Gasteiger partial charge in [0.1, 0.15) is 5.78 Å². The highest BCUT2D eigenvalue weighted by Crippen LogP contribution is 2.61. The smallest absolute Gasteiger partial charge is 0.309 e. The zero-order valence-electron chi connectivity index (χ0n) is 15.5. The summed E-state index contributed by atoms with van der Waals surface area (Å²) in [5.74, 6) is 0.392. The van der Waals surface area contributed by atoms with Gasteiger partial charge in [0, 0.05) is 25.4 Å². The van der Waals surface area contributed by atoms with E-state index in [1.165, 1.54) is 7.11 Å². The molecule has 0 aromatic rings. The van der Waals surface area contributed by atoms with E-state index < -0.39 is 0 Å². The van der Waals surface area contributed by atoms with Gasteiger partial charge in [0.25, 0.3) is 0 Å². The summed E-state index contributed by atoms with van der Waals surface area (Å²) in [5.41, 5.74) is -0.354. The van der Waals surface area contributed by atoms with E-state index in [1.807, 2.05) is 0 Å². The maximum atomic E-state index is 13.1. The lowest BCUT2D eigenvalue weighted by Crippen LogP contribution is -2.58.